The van der Waals surface area contributed by atoms with E-state index >= 15 is 0 Å². The maximum Gasteiger partial charge on any atom is 0.254 e. The highest BCUT2D eigenvalue weighted by molar-refractivity contribution is 7.16. The van der Waals surface area contributed by atoms with E-state index in [2.05, 4.69) is 19.4 Å². The van der Waals surface area contributed by atoms with Crippen molar-refractivity contribution in [3.8, 4) is 0 Å². The van der Waals surface area contributed by atoms with Gasteiger partial charge in [0.05, 0.1) is 15.7 Å². The third kappa shape index (κ3) is 3.31. The quantitative estimate of drug-likeness (QED) is 0.718. The summed E-state index contributed by atoms with van der Waals surface area (Å²) in [5.74, 6) is 1.24. The number of carbonyl (C=O) groups is 1. The number of imidazole rings is 1. The van der Waals surface area contributed by atoms with Crippen molar-refractivity contribution in [2.75, 3.05) is 6.54 Å². The number of rotatable bonds is 4. The normalized spacial score (nSPS) is 18.0. The number of aromatic nitrogens is 3. The molecule has 25 heavy (non-hydrogen) atoms. The van der Waals surface area contributed by atoms with E-state index in [1.165, 1.54) is 6.42 Å². The first-order valence-corrected chi connectivity index (χ1v) is 9.71. The van der Waals surface area contributed by atoms with Gasteiger partial charge in [-0.2, -0.15) is 0 Å². The van der Waals surface area contributed by atoms with Crippen LogP contribution in [0.15, 0.2) is 36.1 Å². The van der Waals surface area contributed by atoms with Crippen molar-refractivity contribution < 1.29 is 4.79 Å². The molecule has 0 spiro atoms. The highest BCUT2D eigenvalue weighted by Crippen LogP contribution is 2.25. The molecule has 6 heteroatoms. The Balaban J connectivity index is 1.51. The van der Waals surface area contributed by atoms with Gasteiger partial charge < -0.3 is 9.47 Å². The van der Waals surface area contributed by atoms with Crippen LogP contribution in [0.25, 0.3) is 10.2 Å². The SMILES string of the molecule is Cn1ccnc1CCC1CCCCN1C(=O)c1ccc2ncsc2c1. The van der Waals surface area contributed by atoms with Gasteiger partial charge >= 0.3 is 0 Å². The molecule has 1 unspecified atom stereocenters. The minimum absolute atomic E-state index is 0.153. The zero-order chi connectivity index (χ0) is 17.2. The molecule has 1 fully saturated rings. The Morgan fingerprint density at radius 2 is 2.24 bits per heavy atom. The van der Waals surface area contributed by atoms with Crippen LogP contribution in [0.4, 0.5) is 0 Å². The molecule has 1 aliphatic heterocycles. The first-order valence-electron chi connectivity index (χ1n) is 8.83. The first kappa shape index (κ1) is 16.3. The first-order chi connectivity index (χ1) is 12.2. The van der Waals surface area contributed by atoms with Crippen LogP contribution in [0, 0.1) is 0 Å². The Morgan fingerprint density at radius 1 is 1.32 bits per heavy atom. The van der Waals surface area contributed by atoms with Crippen LogP contribution in [-0.2, 0) is 13.5 Å². The van der Waals surface area contributed by atoms with Gasteiger partial charge in [0.25, 0.3) is 5.91 Å². The van der Waals surface area contributed by atoms with E-state index in [1.807, 2.05) is 43.2 Å². The average molecular weight is 354 g/mol. The Hall–Kier alpha value is -2.21. The molecule has 130 valence electrons. The van der Waals surface area contributed by atoms with Gasteiger partial charge in [-0.15, -0.1) is 11.3 Å². The molecular formula is C19H22N4OS. The number of aryl methyl sites for hydroxylation is 2. The number of nitrogens with zero attached hydrogens (tertiary/aromatic N) is 4. The number of benzene rings is 1. The van der Waals surface area contributed by atoms with E-state index < -0.39 is 0 Å². The van der Waals surface area contributed by atoms with E-state index in [4.69, 9.17) is 0 Å². The molecule has 1 amide bonds. The predicted molar refractivity (Wildman–Crippen MR) is 99.8 cm³/mol. The maximum absolute atomic E-state index is 13.1. The number of piperidine rings is 1. The lowest BCUT2D eigenvalue weighted by molar-refractivity contribution is 0.0601. The second-order valence-electron chi connectivity index (χ2n) is 6.68. The Kier molecular flexibility index (Phi) is 4.53. The summed E-state index contributed by atoms with van der Waals surface area (Å²) in [5.41, 5.74) is 3.57. The number of likely N-dealkylation sites (tertiary alicyclic amines) is 1. The van der Waals surface area contributed by atoms with Crippen molar-refractivity contribution in [1.29, 1.82) is 0 Å². The topological polar surface area (TPSA) is 51.0 Å². The van der Waals surface area contributed by atoms with Gasteiger partial charge in [-0.05, 0) is 43.9 Å². The molecule has 1 aliphatic rings. The van der Waals surface area contributed by atoms with Gasteiger partial charge in [0.15, 0.2) is 0 Å². The molecule has 5 nitrogen and oxygen atoms in total. The number of hydrogen-bond donors (Lipinski definition) is 0. The summed E-state index contributed by atoms with van der Waals surface area (Å²) in [4.78, 5) is 23.9. The number of fused-ring (bicyclic) bond motifs is 1. The van der Waals surface area contributed by atoms with Crippen molar-refractivity contribution in [2.24, 2.45) is 7.05 Å². The second-order valence-corrected chi connectivity index (χ2v) is 7.56. The van der Waals surface area contributed by atoms with Gasteiger partial charge in [-0.25, -0.2) is 9.97 Å². The second kappa shape index (κ2) is 6.96. The molecule has 1 aromatic carbocycles. The van der Waals surface area contributed by atoms with E-state index in [0.717, 1.165) is 53.8 Å². The fraction of sp³-hybridized carbons (Fsp3) is 0.421. The Morgan fingerprint density at radius 3 is 3.08 bits per heavy atom. The molecule has 0 N–H and O–H groups in total. The third-order valence-corrected chi connectivity index (χ3v) is 5.88. The van der Waals surface area contributed by atoms with E-state index in [1.54, 1.807) is 11.3 Å². The fourth-order valence-corrected chi connectivity index (χ4v) is 4.37. The third-order valence-electron chi connectivity index (χ3n) is 5.09. The highest BCUT2D eigenvalue weighted by Gasteiger charge is 2.27. The number of hydrogen-bond acceptors (Lipinski definition) is 4. The van der Waals surface area contributed by atoms with Crippen LogP contribution in [0.3, 0.4) is 0 Å². The zero-order valence-electron chi connectivity index (χ0n) is 14.4. The fourth-order valence-electron chi connectivity index (χ4n) is 3.66. The lowest BCUT2D eigenvalue weighted by atomic mass is 9.96. The van der Waals surface area contributed by atoms with Crippen molar-refractivity contribution in [3.05, 3.63) is 47.5 Å². The molecule has 1 saturated heterocycles. The lowest BCUT2D eigenvalue weighted by Gasteiger charge is -2.36. The molecule has 4 rings (SSSR count). The number of carbonyl (C=O) groups excluding carboxylic acids is 1. The van der Waals surface area contributed by atoms with Crippen molar-refractivity contribution in [2.45, 2.75) is 38.1 Å². The van der Waals surface area contributed by atoms with Crippen molar-refractivity contribution in [1.82, 2.24) is 19.4 Å². The average Bonchev–Trinajstić information content (AvgIpc) is 3.27. The van der Waals surface area contributed by atoms with Gasteiger partial charge in [0.2, 0.25) is 0 Å². The van der Waals surface area contributed by atoms with Crippen LogP contribution >= 0.6 is 11.3 Å². The van der Waals surface area contributed by atoms with Crippen molar-refractivity contribution in [3.63, 3.8) is 0 Å². The molecule has 0 radical (unpaired) electrons. The molecule has 0 saturated carbocycles. The summed E-state index contributed by atoms with van der Waals surface area (Å²) < 4.78 is 3.14. The monoisotopic (exact) mass is 354 g/mol. The van der Waals surface area contributed by atoms with Crippen LogP contribution in [0.1, 0.15) is 41.9 Å². The van der Waals surface area contributed by atoms with Crippen LogP contribution < -0.4 is 0 Å². The summed E-state index contributed by atoms with van der Waals surface area (Å²) in [7, 11) is 2.02. The molecule has 1 atom stereocenters. The summed E-state index contributed by atoms with van der Waals surface area (Å²) in [6, 6.07) is 6.15. The highest BCUT2D eigenvalue weighted by atomic mass is 32.1. The van der Waals surface area contributed by atoms with E-state index in [9.17, 15) is 4.79 Å². The number of thiazole rings is 1. The molecular weight excluding hydrogens is 332 g/mol. The van der Waals surface area contributed by atoms with Crippen LogP contribution in [-0.4, -0.2) is 37.9 Å². The molecule has 0 aliphatic carbocycles. The lowest BCUT2D eigenvalue weighted by Crippen LogP contribution is -2.44. The summed E-state index contributed by atoms with van der Waals surface area (Å²) in [6.45, 7) is 0.852. The summed E-state index contributed by atoms with van der Waals surface area (Å²) >= 11 is 1.58. The predicted octanol–water partition coefficient (Wildman–Crippen LogP) is 3.66. The maximum atomic E-state index is 13.1. The Bertz CT molecular complexity index is 884. The van der Waals surface area contributed by atoms with E-state index in [0.29, 0.717) is 6.04 Å². The minimum atomic E-state index is 0.153. The molecule has 3 heterocycles. The largest absolute Gasteiger partial charge is 0.338 e. The minimum Gasteiger partial charge on any atom is -0.338 e. The number of amides is 1. The molecule has 3 aromatic rings. The van der Waals surface area contributed by atoms with Gasteiger partial charge in [0.1, 0.15) is 5.82 Å². The molecule has 0 bridgehead atoms. The Labute approximate surface area is 151 Å². The van der Waals surface area contributed by atoms with Crippen molar-refractivity contribution >= 4 is 27.5 Å². The zero-order valence-corrected chi connectivity index (χ0v) is 15.2. The van der Waals surface area contributed by atoms with Gasteiger partial charge in [-0.3, -0.25) is 4.79 Å². The standard InChI is InChI=1S/C19H22N4OS/c1-22-11-9-20-18(22)8-6-15-4-2-3-10-23(15)19(24)14-5-7-16-17(12-14)25-13-21-16/h5,7,9,11-13,15H,2-4,6,8,10H2,1H3. The van der Waals surface area contributed by atoms with Crippen LogP contribution in [0.2, 0.25) is 0 Å². The summed E-state index contributed by atoms with van der Waals surface area (Å²) in [6.07, 6.45) is 9.06. The molecule has 2 aromatic heterocycles. The van der Waals surface area contributed by atoms with Gasteiger partial charge in [0, 0.05) is 44.0 Å². The van der Waals surface area contributed by atoms with Crippen LogP contribution in [0.5, 0.6) is 0 Å². The summed E-state index contributed by atoms with van der Waals surface area (Å²) in [5, 5.41) is 0. The van der Waals surface area contributed by atoms with E-state index in [-0.39, 0.29) is 5.91 Å². The van der Waals surface area contributed by atoms with Gasteiger partial charge in [-0.1, -0.05) is 0 Å². The smallest absolute Gasteiger partial charge is 0.254 e.